The van der Waals surface area contributed by atoms with E-state index in [-0.39, 0.29) is 11.3 Å². The number of nitrogens with one attached hydrogen (secondary N) is 1. The fourth-order valence-electron chi connectivity index (χ4n) is 2.22. The van der Waals surface area contributed by atoms with E-state index in [4.69, 9.17) is 11.6 Å². The van der Waals surface area contributed by atoms with Crippen LogP contribution in [-0.4, -0.2) is 22.8 Å². The van der Waals surface area contributed by atoms with Crippen LogP contribution in [-0.2, 0) is 0 Å². The van der Waals surface area contributed by atoms with Crippen LogP contribution < -0.4 is 5.32 Å². The third-order valence-electron chi connectivity index (χ3n) is 3.17. The smallest absolute Gasteiger partial charge is 0.252 e. The number of aromatic nitrogens is 1. The molecule has 2 unspecified atom stereocenters. The normalized spacial score (nSPS) is 23.6. The molecule has 1 aromatic heterocycles. The lowest BCUT2D eigenvalue weighted by molar-refractivity contribution is 0.0947. The Kier molecular flexibility index (Phi) is 4.00. The molecule has 92 valence electrons. The Balaban J connectivity index is 1.85. The molecule has 0 bridgehead atoms. The van der Waals surface area contributed by atoms with Crippen LogP contribution in [0.2, 0.25) is 0 Å². The van der Waals surface area contributed by atoms with E-state index >= 15 is 0 Å². The Morgan fingerprint density at radius 2 is 2.35 bits per heavy atom. The molecule has 1 saturated carbocycles. The summed E-state index contributed by atoms with van der Waals surface area (Å²) in [4.78, 5) is 15.9. The summed E-state index contributed by atoms with van der Waals surface area (Å²) in [6.07, 6.45) is 6.52. The number of hydrogen-bond donors (Lipinski definition) is 1. The number of carbonyl (C=O) groups excluding carboxylic acids is 1. The summed E-state index contributed by atoms with van der Waals surface area (Å²) in [5.74, 6) is 0.485. The highest BCUT2D eigenvalue weighted by Gasteiger charge is 2.23. The molecule has 0 saturated heterocycles. The Morgan fingerprint density at radius 3 is 3.00 bits per heavy atom. The SMILES string of the molecule is Cc1cncc(C(=O)NCC2CCC(Cl)C2)c1. The molecule has 2 atom stereocenters. The second-order valence-electron chi connectivity index (χ2n) is 4.74. The van der Waals surface area contributed by atoms with Gasteiger partial charge in [0.25, 0.3) is 5.91 Å². The van der Waals surface area contributed by atoms with Crippen molar-refractivity contribution in [2.45, 2.75) is 31.6 Å². The highest BCUT2D eigenvalue weighted by Crippen LogP contribution is 2.28. The van der Waals surface area contributed by atoms with Crippen molar-refractivity contribution < 1.29 is 4.79 Å². The Morgan fingerprint density at radius 1 is 1.53 bits per heavy atom. The van der Waals surface area contributed by atoms with E-state index < -0.39 is 0 Å². The van der Waals surface area contributed by atoms with Gasteiger partial charge in [0.15, 0.2) is 0 Å². The fraction of sp³-hybridized carbons (Fsp3) is 0.538. The van der Waals surface area contributed by atoms with Crippen molar-refractivity contribution in [2.75, 3.05) is 6.54 Å². The average Bonchev–Trinajstić information content (AvgIpc) is 2.72. The number of aryl methyl sites for hydroxylation is 1. The average molecular weight is 253 g/mol. The summed E-state index contributed by atoms with van der Waals surface area (Å²) >= 11 is 6.04. The van der Waals surface area contributed by atoms with Gasteiger partial charge in [-0.15, -0.1) is 11.6 Å². The minimum atomic E-state index is -0.0424. The zero-order valence-corrected chi connectivity index (χ0v) is 10.7. The molecule has 0 spiro atoms. The molecular formula is C13H17ClN2O. The molecule has 1 amide bonds. The van der Waals surface area contributed by atoms with E-state index in [1.54, 1.807) is 12.4 Å². The molecule has 1 fully saturated rings. The van der Waals surface area contributed by atoms with E-state index in [1.165, 1.54) is 0 Å². The van der Waals surface area contributed by atoms with Crippen molar-refractivity contribution in [3.8, 4) is 0 Å². The van der Waals surface area contributed by atoms with Gasteiger partial charge < -0.3 is 5.32 Å². The van der Waals surface area contributed by atoms with Crippen molar-refractivity contribution in [3.63, 3.8) is 0 Å². The lowest BCUT2D eigenvalue weighted by atomic mass is 10.1. The number of pyridine rings is 1. The highest BCUT2D eigenvalue weighted by molar-refractivity contribution is 6.20. The Hall–Kier alpha value is -1.09. The summed E-state index contributed by atoms with van der Waals surface area (Å²) in [6.45, 7) is 2.65. The predicted molar refractivity (Wildman–Crippen MR) is 68.3 cm³/mol. The standard InChI is InChI=1S/C13H17ClN2O/c1-9-4-11(8-15-6-9)13(17)16-7-10-2-3-12(14)5-10/h4,6,8,10,12H,2-3,5,7H2,1H3,(H,16,17). The van der Waals surface area contributed by atoms with Crippen LogP contribution in [0.25, 0.3) is 0 Å². The quantitative estimate of drug-likeness (QED) is 0.840. The summed E-state index contributed by atoms with van der Waals surface area (Å²) in [5, 5.41) is 3.24. The van der Waals surface area contributed by atoms with Crippen molar-refractivity contribution in [1.82, 2.24) is 10.3 Å². The number of carbonyl (C=O) groups is 1. The van der Waals surface area contributed by atoms with Gasteiger partial charge in [-0.1, -0.05) is 0 Å². The summed E-state index contributed by atoms with van der Waals surface area (Å²) in [6, 6.07) is 1.85. The molecule has 17 heavy (non-hydrogen) atoms. The molecule has 3 nitrogen and oxygen atoms in total. The molecule has 1 heterocycles. The van der Waals surface area contributed by atoms with Crippen LogP contribution in [0.3, 0.4) is 0 Å². The number of hydrogen-bond acceptors (Lipinski definition) is 2. The predicted octanol–water partition coefficient (Wildman–Crippen LogP) is 2.53. The van der Waals surface area contributed by atoms with Gasteiger partial charge in [0.1, 0.15) is 0 Å². The molecule has 2 rings (SSSR count). The van der Waals surface area contributed by atoms with Crippen LogP contribution in [0.4, 0.5) is 0 Å². The van der Waals surface area contributed by atoms with Gasteiger partial charge in [0.2, 0.25) is 0 Å². The molecule has 1 aliphatic carbocycles. The van der Waals surface area contributed by atoms with Crippen LogP contribution in [0.5, 0.6) is 0 Å². The van der Waals surface area contributed by atoms with E-state index in [0.29, 0.717) is 11.5 Å². The van der Waals surface area contributed by atoms with E-state index in [9.17, 15) is 4.79 Å². The van der Waals surface area contributed by atoms with Gasteiger partial charge in [-0.05, 0) is 43.7 Å². The molecule has 0 aromatic carbocycles. The van der Waals surface area contributed by atoms with Crippen molar-refractivity contribution in [2.24, 2.45) is 5.92 Å². The zero-order chi connectivity index (χ0) is 12.3. The number of amides is 1. The number of halogens is 1. The molecule has 1 N–H and O–H groups in total. The second kappa shape index (κ2) is 5.50. The monoisotopic (exact) mass is 252 g/mol. The number of rotatable bonds is 3. The summed E-state index contributed by atoms with van der Waals surface area (Å²) in [5.41, 5.74) is 1.63. The van der Waals surface area contributed by atoms with Gasteiger partial charge in [-0.2, -0.15) is 0 Å². The first-order valence-corrected chi connectivity index (χ1v) is 6.42. The molecule has 1 aromatic rings. The maximum atomic E-state index is 11.9. The van der Waals surface area contributed by atoms with Gasteiger partial charge in [0.05, 0.1) is 5.56 Å². The largest absolute Gasteiger partial charge is 0.352 e. The zero-order valence-electron chi connectivity index (χ0n) is 9.95. The molecule has 0 radical (unpaired) electrons. The fourth-order valence-corrected chi connectivity index (χ4v) is 2.60. The molecule has 4 heteroatoms. The van der Waals surface area contributed by atoms with Crippen LogP contribution in [0.15, 0.2) is 18.5 Å². The number of nitrogens with zero attached hydrogens (tertiary/aromatic N) is 1. The van der Waals surface area contributed by atoms with Gasteiger partial charge in [0, 0.05) is 24.3 Å². The van der Waals surface area contributed by atoms with Crippen molar-refractivity contribution >= 4 is 17.5 Å². The van der Waals surface area contributed by atoms with Gasteiger partial charge in [-0.25, -0.2) is 0 Å². The van der Waals surface area contributed by atoms with Crippen LogP contribution in [0.1, 0.15) is 35.2 Å². The second-order valence-corrected chi connectivity index (χ2v) is 5.35. The Bertz CT molecular complexity index is 408. The van der Waals surface area contributed by atoms with E-state index in [2.05, 4.69) is 10.3 Å². The van der Waals surface area contributed by atoms with E-state index in [0.717, 1.165) is 31.4 Å². The van der Waals surface area contributed by atoms with Gasteiger partial charge >= 0.3 is 0 Å². The third kappa shape index (κ3) is 3.43. The van der Waals surface area contributed by atoms with Crippen molar-refractivity contribution in [3.05, 3.63) is 29.6 Å². The maximum Gasteiger partial charge on any atom is 0.252 e. The lowest BCUT2D eigenvalue weighted by Crippen LogP contribution is -2.28. The van der Waals surface area contributed by atoms with Crippen LogP contribution >= 0.6 is 11.6 Å². The number of alkyl halides is 1. The summed E-state index contributed by atoms with van der Waals surface area (Å²) < 4.78 is 0. The van der Waals surface area contributed by atoms with E-state index in [1.807, 2.05) is 13.0 Å². The minimum Gasteiger partial charge on any atom is -0.352 e. The van der Waals surface area contributed by atoms with Gasteiger partial charge in [-0.3, -0.25) is 9.78 Å². The molecule has 0 aliphatic heterocycles. The summed E-state index contributed by atoms with van der Waals surface area (Å²) in [7, 11) is 0. The molecular weight excluding hydrogens is 236 g/mol. The molecule has 1 aliphatic rings. The maximum absolute atomic E-state index is 11.9. The first-order chi connectivity index (χ1) is 8.15. The first kappa shape index (κ1) is 12.4. The topological polar surface area (TPSA) is 42.0 Å². The van der Waals surface area contributed by atoms with Crippen LogP contribution in [0, 0.1) is 12.8 Å². The minimum absolute atomic E-state index is 0.0424. The Labute approximate surface area is 107 Å². The van der Waals surface area contributed by atoms with Crippen molar-refractivity contribution in [1.29, 1.82) is 0 Å². The lowest BCUT2D eigenvalue weighted by Gasteiger charge is -2.10. The first-order valence-electron chi connectivity index (χ1n) is 5.99. The third-order valence-corrected chi connectivity index (χ3v) is 3.56. The highest BCUT2D eigenvalue weighted by atomic mass is 35.5.